The van der Waals surface area contributed by atoms with E-state index in [2.05, 4.69) is 0 Å². The van der Waals surface area contributed by atoms with Crippen LogP contribution in [0.2, 0.25) is 0 Å². The Kier molecular flexibility index (Phi) is 5.83. The van der Waals surface area contributed by atoms with Crippen LogP contribution in [0, 0.1) is 5.92 Å². The number of hydrogen-bond donors (Lipinski definition) is 1. The average molecular weight is 308 g/mol. The summed E-state index contributed by atoms with van der Waals surface area (Å²) in [6.07, 6.45) is -0.630. The van der Waals surface area contributed by atoms with E-state index in [1.165, 1.54) is 0 Å². The van der Waals surface area contributed by atoms with Gasteiger partial charge in [-0.1, -0.05) is 37.3 Å². The van der Waals surface area contributed by atoms with E-state index in [1.54, 1.807) is 0 Å². The highest BCUT2D eigenvalue weighted by atomic mass is 16.8. The summed E-state index contributed by atoms with van der Waals surface area (Å²) >= 11 is 0. The molecule has 6 atom stereocenters. The molecule has 0 saturated carbocycles. The molecule has 2 aliphatic rings. The zero-order valence-corrected chi connectivity index (χ0v) is 12.5. The highest BCUT2D eigenvalue weighted by molar-refractivity contribution is 5.20. The molecule has 0 spiro atoms. The summed E-state index contributed by atoms with van der Waals surface area (Å²) in [5, 5.41) is 10.4. The normalized spacial score (nSPS) is 36.7. The lowest BCUT2D eigenvalue weighted by atomic mass is 9.88. The zero-order valence-electron chi connectivity index (χ0n) is 12.5. The van der Waals surface area contributed by atoms with Gasteiger partial charge in [-0.05, 0) is 12.5 Å². The van der Waals surface area contributed by atoms with Crippen LogP contribution < -0.4 is 0 Å². The molecule has 3 unspecified atom stereocenters. The molecule has 6 nitrogen and oxygen atoms in total. The minimum Gasteiger partial charge on any atom is -0.390 e. The van der Waals surface area contributed by atoms with Gasteiger partial charge in [-0.25, -0.2) is 0 Å². The molecule has 1 aromatic rings. The van der Waals surface area contributed by atoms with Crippen LogP contribution in [0.15, 0.2) is 30.3 Å². The van der Waals surface area contributed by atoms with E-state index in [0.29, 0.717) is 6.42 Å². The van der Waals surface area contributed by atoms with Crippen LogP contribution in [0.3, 0.4) is 0 Å². The molecule has 1 aromatic carbocycles. The van der Waals surface area contributed by atoms with Crippen LogP contribution in [-0.4, -0.2) is 42.1 Å². The zero-order chi connectivity index (χ0) is 16.1. The first kappa shape index (κ1) is 16.8. The minimum atomic E-state index is -0.532. The molecule has 22 heavy (non-hydrogen) atoms. The van der Waals surface area contributed by atoms with Crippen LogP contribution in [0.4, 0.5) is 0 Å². The maximum atomic E-state index is 10.4. The molecule has 2 fully saturated rings. The molecular weight excluding hydrogens is 288 g/mol. The van der Waals surface area contributed by atoms with Gasteiger partial charge in [0, 0.05) is 12.3 Å². The molecule has 1 N–H and O–H groups in total. The molecule has 2 aliphatic heterocycles. The SMILES string of the molecule is CC1OC2[C@@H](O1)OC(Cc1ccccc1)[C@@H](O)[C@@H]2C.O=C=O. The third-order valence-corrected chi connectivity index (χ3v) is 3.97. The van der Waals surface area contributed by atoms with Crippen molar-refractivity contribution in [2.45, 2.75) is 51.2 Å². The van der Waals surface area contributed by atoms with E-state index in [1.807, 2.05) is 44.2 Å². The van der Waals surface area contributed by atoms with Gasteiger partial charge in [-0.3, -0.25) is 0 Å². The second kappa shape index (κ2) is 7.63. The molecular formula is C16H20O6. The molecule has 120 valence electrons. The Hall–Kier alpha value is -1.56. The lowest BCUT2D eigenvalue weighted by Crippen LogP contribution is -2.52. The second-order valence-corrected chi connectivity index (χ2v) is 5.47. The standard InChI is InChI=1S/C15H20O4.CO2/c1-9-13(16)12(8-11-6-4-3-5-7-11)19-15-14(9)17-10(2)18-15;2-1-3/h3-7,9-10,12-16H,8H2,1-2H3;/t9-,10?,12?,13-,14?,15-;/m0./s1. The number of benzene rings is 1. The van der Waals surface area contributed by atoms with Crippen LogP contribution >= 0.6 is 0 Å². The Balaban J connectivity index is 0.000000545. The molecule has 0 aromatic heterocycles. The van der Waals surface area contributed by atoms with Crippen molar-refractivity contribution in [3.8, 4) is 0 Å². The van der Waals surface area contributed by atoms with E-state index in [0.717, 1.165) is 5.56 Å². The Morgan fingerprint density at radius 1 is 1.09 bits per heavy atom. The number of fused-ring (bicyclic) bond motifs is 1. The first-order chi connectivity index (χ1) is 10.6. The third-order valence-electron chi connectivity index (χ3n) is 3.97. The Bertz CT molecular complexity index is 497. The van der Waals surface area contributed by atoms with Gasteiger partial charge in [0.15, 0.2) is 12.6 Å². The fourth-order valence-electron chi connectivity index (χ4n) is 2.87. The van der Waals surface area contributed by atoms with Gasteiger partial charge < -0.3 is 19.3 Å². The van der Waals surface area contributed by atoms with Crippen LogP contribution in [0.25, 0.3) is 0 Å². The van der Waals surface area contributed by atoms with E-state index in [-0.39, 0.29) is 36.9 Å². The molecule has 2 saturated heterocycles. The van der Waals surface area contributed by atoms with Crippen molar-refractivity contribution < 1.29 is 28.9 Å². The van der Waals surface area contributed by atoms with Crippen molar-refractivity contribution in [2.75, 3.05) is 0 Å². The van der Waals surface area contributed by atoms with Crippen molar-refractivity contribution in [3.63, 3.8) is 0 Å². The smallest absolute Gasteiger partial charge is 0.373 e. The van der Waals surface area contributed by atoms with Gasteiger partial charge in [0.1, 0.15) is 6.10 Å². The topological polar surface area (TPSA) is 82.1 Å². The van der Waals surface area contributed by atoms with Crippen molar-refractivity contribution in [1.82, 2.24) is 0 Å². The van der Waals surface area contributed by atoms with Gasteiger partial charge in [-0.2, -0.15) is 9.59 Å². The van der Waals surface area contributed by atoms with E-state index in [9.17, 15) is 5.11 Å². The third kappa shape index (κ3) is 3.80. The predicted molar refractivity (Wildman–Crippen MR) is 74.4 cm³/mol. The Labute approximate surface area is 129 Å². The summed E-state index contributed by atoms with van der Waals surface area (Å²) in [4.78, 5) is 16.2. The van der Waals surface area contributed by atoms with Crippen LogP contribution in [0.5, 0.6) is 0 Å². The predicted octanol–water partition coefficient (Wildman–Crippen LogP) is 1.13. The lowest BCUT2D eigenvalue weighted by Gasteiger charge is -2.39. The fraction of sp³-hybridized carbons (Fsp3) is 0.562. The summed E-state index contributed by atoms with van der Waals surface area (Å²) in [6.45, 7) is 3.84. The maximum absolute atomic E-state index is 10.4. The molecule has 3 rings (SSSR count). The number of aliphatic hydroxyl groups is 1. The van der Waals surface area contributed by atoms with Gasteiger partial charge >= 0.3 is 6.15 Å². The Morgan fingerprint density at radius 2 is 1.73 bits per heavy atom. The van der Waals surface area contributed by atoms with Crippen LogP contribution in [0.1, 0.15) is 19.4 Å². The van der Waals surface area contributed by atoms with Gasteiger partial charge in [0.25, 0.3) is 0 Å². The summed E-state index contributed by atoms with van der Waals surface area (Å²) in [6, 6.07) is 10.1. The number of ether oxygens (including phenoxy) is 3. The number of hydrogen-bond acceptors (Lipinski definition) is 6. The van der Waals surface area contributed by atoms with Gasteiger partial charge in [0.2, 0.25) is 0 Å². The van der Waals surface area contributed by atoms with Crippen molar-refractivity contribution >= 4 is 6.15 Å². The maximum Gasteiger partial charge on any atom is 0.373 e. The van der Waals surface area contributed by atoms with E-state index >= 15 is 0 Å². The summed E-state index contributed by atoms with van der Waals surface area (Å²) < 4.78 is 17.1. The highest BCUT2D eigenvalue weighted by Gasteiger charge is 2.48. The summed E-state index contributed by atoms with van der Waals surface area (Å²) in [7, 11) is 0. The number of carbonyl (C=O) groups excluding carboxylic acids is 2. The molecule has 0 aliphatic carbocycles. The molecule has 6 heteroatoms. The molecule has 2 heterocycles. The molecule has 0 radical (unpaired) electrons. The van der Waals surface area contributed by atoms with Gasteiger partial charge in [-0.15, -0.1) is 0 Å². The van der Waals surface area contributed by atoms with E-state index in [4.69, 9.17) is 23.8 Å². The average Bonchev–Trinajstić information content (AvgIpc) is 2.87. The van der Waals surface area contributed by atoms with Crippen molar-refractivity contribution in [1.29, 1.82) is 0 Å². The molecule has 0 bridgehead atoms. The largest absolute Gasteiger partial charge is 0.390 e. The summed E-state index contributed by atoms with van der Waals surface area (Å²) in [5.74, 6) is 0.0115. The molecule has 0 amide bonds. The lowest BCUT2D eigenvalue weighted by molar-refractivity contribution is -0.229. The van der Waals surface area contributed by atoms with E-state index < -0.39 is 6.10 Å². The monoisotopic (exact) mass is 308 g/mol. The quantitative estimate of drug-likeness (QED) is 0.882. The highest BCUT2D eigenvalue weighted by Crippen LogP contribution is 2.35. The number of aliphatic hydroxyl groups excluding tert-OH is 1. The fourth-order valence-corrected chi connectivity index (χ4v) is 2.87. The van der Waals surface area contributed by atoms with Gasteiger partial charge in [0.05, 0.1) is 12.2 Å². The first-order valence-electron chi connectivity index (χ1n) is 7.24. The first-order valence-corrected chi connectivity index (χ1v) is 7.24. The Morgan fingerprint density at radius 3 is 2.36 bits per heavy atom. The van der Waals surface area contributed by atoms with Crippen molar-refractivity contribution in [2.24, 2.45) is 5.92 Å². The minimum absolute atomic E-state index is 0.0115. The van der Waals surface area contributed by atoms with Crippen LogP contribution in [-0.2, 0) is 30.2 Å². The summed E-state index contributed by atoms with van der Waals surface area (Å²) in [5.41, 5.74) is 1.16. The van der Waals surface area contributed by atoms with Crippen molar-refractivity contribution in [3.05, 3.63) is 35.9 Å². The second-order valence-electron chi connectivity index (χ2n) is 5.47. The number of rotatable bonds is 2.